The summed E-state index contributed by atoms with van der Waals surface area (Å²) >= 11 is 0. The van der Waals surface area contributed by atoms with Crippen LogP contribution in [0.3, 0.4) is 0 Å². The summed E-state index contributed by atoms with van der Waals surface area (Å²) < 4.78 is 0. The number of allylic oxidation sites excluding steroid dienone is 2. The molecule has 4 aliphatic rings. The lowest BCUT2D eigenvalue weighted by Crippen LogP contribution is -2.54. The molecule has 164 valence electrons. The lowest BCUT2D eigenvalue weighted by Gasteiger charge is -2.59. The summed E-state index contributed by atoms with van der Waals surface area (Å²) in [7, 11) is 0. The third-order valence-electron chi connectivity index (χ3n) is 9.86. The van der Waals surface area contributed by atoms with Crippen molar-refractivity contribution in [3.05, 3.63) is 23.8 Å². The van der Waals surface area contributed by atoms with Crippen molar-refractivity contribution in [3.63, 3.8) is 0 Å². The first-order chi connectivity index (χ1) is 13.7. The quantitative estimate of drug-likeness (QED) is 0.557. The molecule has 0 radical (unpaired) electrons. The summed E-state index contributed by atoms with van der Waals surface area (Å²) in [6.07, 6.45) is 15.7. The maximum absolute atomic E-state index is 11.3. The number of hydrogen-bond donors (Lipinski definition) is 2. The van der Waals surface area contributed by atoms with Crippen molar-refractivity contribution in [2.45, 2.75) is 98.2 Å². The van der Waals surface area contributed by atoms with Crippen LogP contribution in [0.1, 0.15) is 86.0 Å². The van der Waals surface area contributed by atoms with E-state index in [2.05, 4.69) is 52.8 Å². The van der Waals surface area contributed by atoms with Crippen LogP contribution in [0.15, 0.2) is 23.8 Å². The Balaban J connectivity index is 1.57. The first-order valence-corrected chi connectivity index (χ1v) is 12.4. The number of hydrogen-bond acceptors (Lipinski definition) is 2. The van der Waals surface area contributed by atoms with E-state index in [1.165, 1.54) is 37.7 Å². The van der Waals surface area contributed by atoms with E-state index in [4.69, 9.17) is 0 Å². The van der Waals surface area contributed by atoms with Gasteiger partial charge in [-0.2, -0.15) is 0 Å². The molecule has 29 heavy (non-hydrogen) atoms. The van der Waals surface area contributed by atoms with E-state index in [0.717, 1.165) is 31.1 Å². The smallest absolute Gasteiger partial charge is 0.0757 e. The van der Waals surface area contributed by atoms with Crippen LogP contribution in [-0.2, 0) is 0 Å². The summed E-state index contributed by atoms with van der Waals surface area (Å²) in [6.45, 7) is 12.0. The van der Waals surface area contributed by atoms with Crippen molar-refractivity contribution < 1.29 is 10.2 Å². The van der Waals surface area contributed by atoms with Gasteiger partial charge in [-0.1, -0.05) is 58.4 Å². The van der Waals surface area contributed by atoms with E-state index < -0.39 is 0 Å². The molecule has 0 heterocycles. The van der Waals surface area contributed by atoms with E-state index in [9.17, 15) is 10.2 Å². The lowest BCUT2D eigenvalue weighted by atomic mass is 9.46. The van der Waals surface area contributed by atoms with Crippen LogP contribution < -0.4 is 0 Å². The average molecular weight is 401 g/mol. The van der Waals surface area contributed by atoms with Crippen molar-refractivity contribution in [2.24, 2.45) is 46.3 Å². The summed E-state index contributed by atoms with van der Waals surface area (Å²) in [5.74, 6) is 3.75. The predicted molar refractivity (Wildman–Crippen MR) is 120 cm³/mol. The highest BCUT2D eigenvalue weighted by Gasteiger charge is 2.60. The van der Waals surface area contributed by atoms with E-state index in [0.29, 0.717) is 29.1 Å². The minimum atomic E-state index is -0.316. The van der Waals surface area contributed by atoms with Crippen LogP contribution in [0.4, 0.5) is 0 Å². The molecule has 2 N–H and O–H groups in total. The fourth-order valence-electron chi connectivity index (χ4n) is 8.23. The second kappa shape index (κ2) is 7.83. The van der Waals surface area contributed by atoms with Crippen molar-refractivity contribution in [1.29, 1.82) is 0 Å². The Morgan fingerprint density at radius 1 is 1.03 bits per heavy atom. The molecule has 3 fully saturated rings. The topological polar surface area (TPSA) is 40.5 Å². The van der Waals surface area contributed by atoms with Gasteiger partial charge < -0.3 is 10.2 Å². The van der Waals surface area contributed by atoms with Crippen LogP contribution in [0, 0.1) is 46.3 Å². The van der Waals surface area contributed by atoms with Gasteiger partial charge in [0.05, 0.1) is 12.2 Å². The van der Waals surface area contributed by atoms with Crippen LogP contribution in [-0.4, -0.2) is 22.4 Å². The van der Waals surface area contributed by atoms with Gasteiger partial charge in [-0.3, -0.25) is 0 Å². The van der Waals surface area contributed by atoms with Gasteiger partial charge in [0, 0.05) is 0 Å². The summed E-state index contributed by atoms with van der Waals surface area (Å²) in [5, 5.41) is 21.5. The van der Waals surface area contributed by atoms with Crippen molar-refractivity contribution >= 4 is 0 Å². The minimum absolute atomic E-state index is 0.200. The maximum Gasteiger partial charge on any atom is 0.0757 e. The van der Waals surface area contributed by atoms with E-state index >= 15 is 0 Å². The van der Waals surface area contributed by atoms with Crippen LogP contribution in [0.25, 0.3) is 0 Å². The van der Waals surface area contributed by atoms with Gasteiger partial charge in [-0.25, -0.2) is 0 Å². The second-order valence-electron chi connectivity index (χ2n) is 11.9. The zero-order chi connectivity index (χ0) is 21.0. The summed E-state index contributed by atoms with van der Waals surface area (Å²) in [5.41, 5.74) is 1.92. The highest BCUT2D eigenvalue weighted by Crippen LogP contribution is 2.67. The SMILES string of the molecule is CC(C)C/C=C/[C@@H](C)[C@H]1CCC2C3C(CC[C@@]21C)[C@@]1(C)CC[C@H](O)CC1=C[C@@H]3O. The Kier molecular flexibility index (Phi) is 5.84. The first kappa shape index (κ1) is 21.6. The molecule has 0 amide bonds. The Morgan fingerprint density at radius 2 is 1.79 bits per heavy atom. The van der Waals surface area contributed by atoms with Crippen molar-refractivity contribution in [2.75, 3.05) is 0 Å². The molecular weight excluding hydrogens is 356 g/mol. The zero-order valence-electron chi connectivity index (χ0n) is 19.4. The van der Waals surface area contributed by atoms with Gasteiger partial charge in [0.15, 0.2) is 0 Å². The molecule has 4 rings (SSSR count). The Bertz CT molecular complexity index is 663. The lowest BCUT2D eigenvalue weighted by molar-refractivity contribution is -0.0950. The number of aliphatic hydroxyl groups is 2. The molecule has 0 aromatic carbocycles. The zero-order valence-corrected chi connectivity index (χ0v) is 19.4. The average Bonchev–Trinajstić information content (AvgIpc) is 3.00. The fourth-order valence-corrected chi connectivity index (χ4v) is 8.23. The molecular formula is C27H44O2. The third-order valence-corrected chi connectivity index (χ3v) is 9.86. The number of fused-ring (bicyclic) bond motifs is 5. The minimum Gasteiger partial charge on any atom is -0.393 e. The molecule has 0 saturated heterocycles. The third kappa shape index (κ3) is 3.57. The summed E-state index contributed by atoms with van der Waals surface area (Å²) in [4.78, 5) is 0. The van der Waals surface area contributed by atoms with E-state index in [1.807, 2.05) is 0 Å². The second-order valence-corrected chi connectivity index (χ2v) is 11.9. The molecule has 0 aromatic rings. The molecule has 2 heteroatoms. The van der Waals surface area contributed by atoms with E-state index in [-0.39, 0.29) is 17.6 Å². The van der Waals surface area contributed by atoms with Gasteiger partial charge in [0.2, 0.25) is 0 Å². The van der Waals surface area contributed by atoms with Gasteiger partial charge in [-0.15, -0.1) is 0 Å². The van der Waals surface area contributed by atoms with Gasteiger partial charge in [-0.05, 0) is 97.7 Å². The maximum atomic E-state index is 11.3. The molecule has 0 bridgehead atoms. The molecule has 9 atom stereocenters. The highest BCUT2D eigenvalue weighted by atomic mass is 16.3. The van der Waals surface area contributed by atoms with Crippen LogP contribution in [0.5, 0.6) is 0 Å². The molecule has 0 spiro atoms. The van der Waals surface area contributed by atoms with E-state index in [1.54, 1.807) is 0 Å². The highest BCUT2D eigenvalue weighted by molar-refractivity contribution is 5.28. The van der Waals surface area contributed by atoms with Gasteiger partial charge in [0.1, 0.15) is 0 Å². The number of rotatable bonds is 4. The van der Waals surface area contributed by atoms with Crippen LogP contribution >= 0.6 is 0 Å². The van der Waals surface area contributed by atoms with Gasteiger partial charge >= 0.3 is 0 Å². The summed E-state index contributed by atoms with van der Waals surface area (Å²) in [6, 6.07) is 0. The molecule has 3 unspecified atom stereocenters. The molecule has 2 nitrogen and oxygen atoms in total. The predicted octanol–water partition coefficient (Wildman–Crippen LogP) is 6.14. The molecule has 4 aliphatic carbocycles. The monoisotopic (exact) mass is 400 g/mol. The normalized spacial score (nSPS) is 48.2. The van der Waals surface area contributed by atoms with Crippen molar-refractivity contribution in [1.82, 2.24) is 0 Å². The molecule has 0 aliphatic heterocycles. The first-order valence-electron chi connectivity index (χ1n) is 12.4. The largest absolute Gasteiger partial charge is 0.393 e. The Labute approximate surface area is 178 Å². The molecule has 3 saturated carbocycles. The Morgan fingerprint density at radius 3 is 2.52 bits per heavy atom. The standard InChI is InChI=1S/C27H44O2/c1-17(2)7-6-8-18(3)21-9-10-22-25-23(12-14-27(21,22)5)26(4)13-11-20(28)15-19(26)16-24(25)29/h6,8,16-18,20-25,28-29H,7,9-15H2,1-5H3/b8-6+/t18-,20+,21-,22?,23?,24+,25?,26+,27-/m1/s1. The fraction of sp³-hybridized carbons (Fsp3) is 0.852. The van der Waals surface area contributed by atoms with Gasteiger partial charge in [0.25, 0.3) is 0 Å². The molecule has 0 aromatic heterocycles. The van der Waals surface area contributed by atoms with Crippen molar-refractivity contribution in [3.8, 4) is 0 Å². The Hall–Kier alpha value is -0.600. The van der Waals surface area contributed by atoms with Crippen LogP contribution in [0.2, 0.25) is 0 Å². The number of aliphatic hydroxyl groups excluding tert-OH is 2.